The Labute approximate surface area is 155 Å². The lowest BCUT2D eigenvalue weighted by molar-refractivity contribution is -0.122. The molecule has 2 aliphatic rings. The van der Waals surface area contributed by atoms with E-state index in [4.69, 9.17) is 0 Å². The van der Waals surface area contributed by atoms with E-state index in [0.717, 1.165) is 31.6 Å². The van der Waals surface area contributed by atoms with E-state index in [-0.39, 0.29) is 11.8 Å². The van der Waals surface area contributed by atoms with E-state index >= 15 is 0 Å². The van der Waals surface area contributed by atoms with Crippen molar-refractivity contribution < 1.29 is 9.59 Å². The largest absolute Gasteiger partial charge is 0.371 e. The molecule has 1 atom stereocenters. The van der Waals surface area contributed by atoms with Gasteiger partial charge >= 0.3 is 0 Å². The van der Waals surface area contributed by atoms with Crippen LogP contribution in [0, 0.1) is 0 Å². The number of amides is 2. The summed E-state index contributed by atoms with van der Waals surface area (Å²) >= 11 is 0. The van der Waals surface area contributed by atoms with Crippen molar-refractivity contribution in [2.45, 2.75) is 63.8 Å². The molecule has 2 amide bonds. The molecule has 1 aromatic heterocycles. The van der Waals surface area contributed by atoms with Gasteiger partial charge in [0.05, 0.1) is 0 Å². The van der Waals surface area contributed by atoms with Gasteiger partial charge in [0, 0.05) is 31.5 Å². The zero-order chi connectivity index (χ0) is 18.2. The summed E-state index contributed by atoms with van der Waals surface area (Å²) in [6.45, 7) is 2.74. The SMILES string of the molecule is O=C(N[C@H]1CCCCNC1=O)c1cc(N2CCCCCCCC2)ccn1. The Balaban J connectivity index is 1.67. The minimum absolute atomic E-state index is 0.0907. The third-order valence-electron chi connectivity index (χ3n) is 5.29. The number of carbonyl (C=O) groups excluding carboxylic acids is 2. The molecule has 0 unspecified atom stereocenters. The zero-order valence-corrected chi connectivity index (χ0v) is 15.5. The number of nitrogens with zero attached hydrogens (tertiary/aromatic N) is 2. The first kappa shape index (κ1) is 18.7. The molecule has 0 aromatic carbocycles. The van der Waals surface area contributed by atoms with E-state index in [2.05, 4.69) is 20.5 Å². The average molecular weight is 358 g/mol. The summed E-state index contributed by atoms with van der Waals surface area (Å²) in [5.41, 5.74) is 1.44. The van der Waals surface area contributed by atoms with Crippen LogP contribution in [0.4, 0.5) is 5.69 Å². The predicted molar refractivity (Wildman–Crippen MR) is 102 cm³/mol. The highest BCUT2D eigenvalue weighted by molar-refractivity contribution is 5.96. The van der Waals surface area contributed by atoms with E-state index < -0.39 is 6.04 Å². The van der Waals surface area contributed by atoms with Gasteiger partial charge in [0.1, 0.15) is 11.7 Å². The molecule has 0 bridgehead atoms. The molecule has 0 spiro atoms. The van der Waals surface area contributed by atoms with Crippen molar-refractivity contribution in [3.8, 4) is 0 Å². The Morgan fingerprint density at radius 2 is 1.81 bits per heavy atom. The standard InChI is InChI=1S/C20H30N4O2/c25-19-17(9-5-6-11-22-19)23-20(26)18-15-16(10-12-21-18)24-13-7-3-1-2-4-8-14-24/h10,12,15,17H,1-9,11,13-14H2,(H,22,25)(H,23,26)/t17-/m0/s1. The summed E-state index contributed by atoms with van der Waals surface area (Å²) in [5.74, 6) is -0.356. The van der Waals surface area contributed by atoms with Crippen LogP contribution in [0.25, 0.3) is 0 Å². The normalized spacial score (nSPS) is 22.4. The quantitative estimate of drug-likeness (QED) is 0.871. The highest BCUT2D eigenvalue weighted by atomic mass is 16.2. The summed E-state index contributed by atoms with van der Waals surface area (Å²) in [6, 6.07) is 3.38. The fraction of sp³-hybridized carbons (Fsp3) is 0.650. The third-order valence-corrected chi connectivity index (χ3v) is 5.29. The molecule has 1 aromatic rings. The molecule has 0 aliphatic carbocycles. The molecular weight excluding hydrogens is 328 g/mol. The van der Waals surface area contributed by atoms with Crippen LogP contribution in [-0.2, 0) is 4.79 Å². The van der Waals surface area contributed by atoms with E-state index in [9.17, 15) is 9.59 Å². The molecule has 2 N–H and O–H groups in total. The highest BCUT2D eigenvalue weighted by Gasteiger charge is 2.23. The van der Waals surface area contributed by atoms with E-state index in [0.29, 0.717) is 18.7 Å². The smallest absolute Gasteiger partial charge is 0.270 e. The van der Waals surface area contributed by atoms with Gasteiger partial charge < -0.3 is 15.5 Å². The summed E-state index contributed by atoms with van der Waals surface area (Å²) in [5, 5.41) is 5.71. The monoisotopic (exact) mass is 358 g/mol. The molecular formula is C20H30N4O2. The number of hydrogen-bond acceptors (Lipinski definition) is 4. The highest BCUT2D eigenvalue weighted by Crippen LogP contribution is 2.19. The van der Waals surface area contributed by atoms with Crippen LogP contribution in [0.2, 0.25) is 0 Å². The minimum Gasteiger partial charge on any atom is -0.371 e. The zero-order valence-electron chi connectivity index (χ0n) is 15.5. The number of hydrogen-bond donors (Lipinski definition) is 2. The Hall–Kier alpha value is -2.11. The lowest BCUT2D eigenvalue weighted by atomic mass is 10.1. The summed E-state index contributed by atoms with van der Waals surface area (Å²) in [6.07, 6.45) is 11.8. The second-order valence-corrected chi connectivity index (χ2v) is 7.32. The Morgan fingerprint density at radius 1 is 1.08 bits per heavy atom. The summed E-state index contributed by atoms with van der Waals surface area (Å²) < 4.78 is 0. The maximum absolute atomic E-state index is 12.6. The Kier molecular flexibility index (Phi) is 6.86. The molecule has 0 saturated carbocycles. The van der Waals surface area contributed by atoms with Crippen molar-refractivity contribution >= 4 is 17.5 Å². The van der Waals surface area contributed by atoms with Gasteiger partial charge in [0.2, 0.25) is 5.91 Å². The van der Waals surface area contributed by atoms with E-state index in [1.54, 1.807) is 6.20 Å². The number of anilines is 1. The lowest BCUT2D eigenvalue weighted by Gasteiger charge is -2.24. The van der Waals surface area contributed by atoms with Gasteiger partial charge in [-0.15, -0.1) is 0 Å². The Bertz CT molecular complexity index is 610. The molecule has 3 rings (SSSR count). The van der Waals surface area contributed by atoms with Gasteiger partial charge in [-0.2, -0.15) is 0 Å². The van der Waals surface area contributed by atoms with Gasteiger partial charge in [-0.3, -0.25) is 14.6 Å². The molecule has 3 heterocycles. The van der Waals surface area contributed by atoms with Crippen LogP contribution in [-0.4, -0.2) is 42.5 Å². The van der Waals surface area contributed by atoms with Crippen molar-refractivity contribution in [1.82, 2.24) is 15.6 Å². The molecule has 2 fully saturated rings. The van der Waals surface area contributed by atoms with E-state index in [1.165, 1.54) is 38.5 Å². The first-order valence-electron chi connectivity index (χ1n) is 10.0. The first-order chi connectivity index (χ1) is 12.7. The number of carbonyl (C=O) groups is 2. The second kappa shape index (κ2) is 9.55. The van der Waals surface area contributed by atoms with Crippen molar-refractivity contribution in [1.29, 1.82) is 0 Å². The van der Waals surface area contributed by atoms with Gasteiger partial charge in [0.25, 0.3) is 5.91 Å². The second-order valence-electron chi connectivity index (χ2n) is 7.32. The van der Waals surface area contributed by atoms with Crippen molar-refractivity contribution in [3.63, 3.8) is 0 Å². The Morgan fingerprint density at radius 3 is 2.58 bits per heavy atom. The molecule has 0 radical (unpaired) electrons. The molecule has 2 saturated heterocycles. The van der Waals surface area contributed by atoms with Crippen molar-refractivity contribution in [2.24, 2.45) is 0 Å². The molecule has 6 nitrogen and oxygen atoms in total. The molecule has 2 aliphatic heterocycles. The fourth-order valence-corrected chi connectivity index (χ4v) is 3.73. The van der Waals surface area contributed by atoms with Crippen molar-refractivity contribution in [2.75, 3.05) is 24.5 Å². The van der Waals surface area contributed by atoms with Gasteiger partial charge in [0.15, 0.2) is 0 Å². The number of nitrogens with one attached hydrogen (secondary N) is 2. The van der Waals surface area contributed by atoms with E-state index in [1.807, 2.05) is 12.1 Å². The average Bonchev–Trinajstić information content (AvgIpc) is 2.78. The van der Waals surface area contributed by atoms with Gasteiger partial charge in [-0.25, -0.2) is 0 Å². The maximum atomic E-state index is 12.6. The topological polar surface area (TPSA) is 74.3 Å². The molecule has 6 heteroatoms. The van der Waals surface area contributed by atoms with Crippen LogP contribution < -0.4 is 15.5 Å². The third kappa shape index (κ3) is 5.19. The fourth-order valence-electron chi connectivity index (χ4n) is 3.73. The first-order valence-corrected chi connectivity index (χ1v) is 10.0. The van der Waals surface area contributed by atoms with Crippen LogP contribution in [0.3, 0.4) is 0 Å². The number of pyridine rings is 1. The number of rotatable bonds is 3. The van der Waals surface area contributed by atoms with Gasteiger partial charge in [-0.05, 0) is 44.2 Å². The minimum atomic E-state index is -0.458. The summed E-state index contributed by atoms with van der Waals surface area (Å²) in [4.78, 5) is 31.3. The van der Waals surface area contributed by atoms with Crippen molar-refractivity contribution in [3.05, 3.63) is 24.0 Å². The van der Waals surface area contributed by atoms with Crippen LogP contribution in [0.5, 0.6) is 0 Å². The van der Waals surface area contributed by atoms with Gasteiger partial charge in [-0.1, -0.05) is 25.7 Å². The summed E-state index contributed by atoms with van der Waals surface area (Å²) in [7, 11) is 0. The molecule has 142 valence electrons. The van der Waals surface area contributed by atoms with Crippen LogP contribution in [0.15, 0.2) is 18.3 Å². The lowest BCUT2D eigenvalue weighted by Crippen LogP contribution is -2.45. The predicted octanol–water partition coefficient (Wildman–Crippen LogP) is 2.64. The molecule has 26 heavy (non-hydrogen) atoms. The van der Waals surface area contributed by atoms with Crippen LogP contribution >= 0.6 is 0 Å². The number of aromatic nitrogens is 1. The van der Waals surface area contributed by atoms with Crippen LogP contribution in [0.1, 0.15) is 68.3 Å². The maximum Gasteiger partial charge on any atom is 0.270 e.